The van der Waals surface area contributed by atoms with Gasteiger partial charge < -0.3 is 10.6 Å². The minimum Gasteiger partial charge on any atom is -0.341 e. The van der Waals surface area contributed by atoms with Crippen molar-refractivity contribution in [2.24, 2.45) is 0 Å². The quantitative estimate of drug-likeness (QED) is 0.619. The van der Waals surface area contributed by atoms with Crippen LogP contribution in [0.15, 0.2) is 60.7 Å². The lowest BCUT2D eigenvalue weighted by Gasteiger charge is -2.18. The number of hydrogen-bond acceptors (Lipinski definition) is 5. The van der Waals surface area contributed by atoms with Gasteiger partial charge in [-0.05, 0) is 24.1 Å². The van der Waals surface area contributed by atoms with Gasteiger partial charge in [0.05, 0.1) is 17.6 Å². The van der Waals surface area contributed by atoms with Crippen molar-refractivity contribution >= 4 is 21.7 Å². The molecule has 8 heteroatoms. The monoisotopic (exact) mass is 399 g/mol. The molecule has 2 N–H and O–H groups in total. The van der Waals surface area contributed by atoms with Crippen molar-refractivity contribution in [1.29, 1.82) is 5.26 Å². The Morgan fingerprint density at radius 3 is 2.21 bits per heavy atom. The number of carbonyl (C=O) groups is 2. The molecule has 1 unspecified atom stereocenters. The number of rotatable bonds is 9. The van der Waals surface area contributed by atoms with Gasteiger partial charge in [0, 0.05) is 5.56 Å². The number of hydrogen-bond donors (Lipinski definition) is 2. The van der Waals surface area contributed by atoms with Crippen LogP contribution in [0.3, 0.4) is 0 Å². The minimum absolute atomic E-state index is 0.0923. The second kappa shape index (κ2) is 10.2. The Hall–Kier alpha value is -3.18. The highest BCUT2D eigenvalue weighted by atomic mass is 32.2. The third-order valence-corrected chi connectivity index (χ3v) is 5.58. The Balaban J connectivity index is 2.05. The van der Waals surface area contributed by atoms with Crippen LogP contribution in [0.1, 0.15) is 22.3 Å². The molecule has 0 saturated heterocycles. The SMILES string of the molecule is N#CCNC(=O)C(CCS(=O)(=O)Cc1ccccc1)NC(=O)c1ccccc1. The molecule has 146 valence electrons. The first-order valence-corrected chi connectivity index (χ1v) is 10.5. The van der Waals surface area contributed by atoms with Gasteiger partial charge in [-0.25, -0.2) is 8.42 Å². The topological polar surface area (TPSA) is 116 Å². The number of nitriles is 1. The Bertz CT molecular complexity index is 938. The molecule has 7 nitrogen and oxygen atoms in total. The van der Waals surface area contributed by atoms with E-state index in [1.165, 1.54) is 0 Å². The fourth-order valence-corrected chi connectivity index (χ4v) is 3.99. The highest BCUT2D eigenvalue weighted by molar-refractivity contribution is 7.90. The number of amides is 2. The molecule has 0 aromatic heterocycles. The summed E-state index contributed by atoms with van der Waals surface area (Å²) in [6, 6.07) is 17.7. The number of nitrogens with zero attached hydrogens (tertiary/aromatic N) is 1. The van der Waals surface area contributed by atoms with E-state index in [1.807, 2.05) is 0 Å². The van der Waals surface area contributed by atoms with Crippen LogP contribution in [0.5, 0.6) is 0 Å². The average molecular weight is 399 g/mol. The summed E-state index contributed by atoms with van der Waals surface area (Å²) in [5.74, 6) is -1.51. The van der Waals surface area contributed by atoms with E-state index in [0.717, 1.165) is 0 Å². The Kier molecular flexibility index (Phi) is 7.72. The zero-order chi connectivity index (χ0) is 20.4. The summed E-state index contributed by atoms with van der Waals surface area (Å²) in [5, 5.41) is 13.6. The third kappa shape index (κ3) is 6.85. The number of benzene rings is 2. The van der Waals surface area contributed by atoms with Crippen molar-refractivity contribution in [3.8, 4) is 6.07 Å². The van der Waals surface area contributed by atoms with Gasteiger partial charge in [-0.2, -0.15) is 5.26 Å². The van der Waals surface area contributed by atoms with E-state index in [9.17, 15) is 18.0 Å². The zero-order valence-electron chi connectivity index (χ0n) is 15.2. The van der Waals surface area contributed by atoms with Crippen molar-refractivity contribution in [3.05, 3.63) is 71.8 Å². The van der Waals surface area contributed by atoms with E-state index in [1.54, 1.807) is 66.7 Å². The summed E-state index contributed by atoms with van der Waals surface area (Å²) in [6.45, 7) is -0.229. The lowest BCUT2D eigenvalue weighted by atomic mass is 10.1. The van der Waals surface area contributed by atoms with Crippen molar-refractivity contribution in [1.82, 2.24) is 10.6 Å². The van der Waals surface area contributed by atoms with Gasteiger partial charge in [0.15, 0.2) is 9.84 Å². The molecule has 2 aromatic carbocycles. The highest BCUT2D eigenvalue weighted by Gasteiger charge is 2.24. The van der Waals surface area contributed by atoms with Crippen LogP contribution >= 0.6 is 0 Å². The Morgan fingerprint density at radius 1 is 1.00 bits per heavy atom. The zero-order valence-corrected chi connectivity index (χ0v) is 16.0. The van der Waals surface area contributed by atoms with Crippen LogP contribution in [-0.2, 0) is 20.4 Å². The largest absolute Gasteiger partial charge is 0.341 e. The van der Waals surface area contributed by atoms with Crippen molar-refractivity contribution in [2.75, 3.05) is 12.3 Å². The first-order chi connectivity index (χ1) is 13.4. The van der Waals surface area contributed by atoms with Crippen LogP contribution in [0.2, 0.25) is 0 Å². The van der Waals surface area contributed by atoms with Crippen molar-refractivity contribution < 1.29 is 18.0 Å². The molecular weight excluding hydrogens is 378 g/mol. The molecule has 0 aliphatic rings. The van der Waals surface area contributed by atoms with Crippen LogP contribution < -0.4 is 10.6 Å². The lowest BCUT2D eigenvalue weighted by Crippen LogP contribution is -2.47. The number of sulfone groups is 1. The molecule has 0 saturated carbocycles. The molecular formula is C20H21N3O4S. The second-order valence-electron chi connectivity index (χ2n) is 6.13. The van der Waals surface area contributed by atoms with E-state index in [4.69, 9.17) is 5.26 Å². The maximum Gasteiger partial charge on any atom is 0.251 e. The summed E-state index contributed by atoms with van der Waals surface area (Å²) < 4.78 is 24.8. The first-order valence-electron chi connectivity index (χ1n) is 8.66. The summed E-state index contributed by atoms with van der Waals surface area (Å²) in [7, 11) is -3.48. The fraction of sp³-hybridized carbons (Fsp3) is 0.250. The van der Waals surface area contributed by atoms with E-state index in [2.05, 4.69) is 10.6 Å². The van der Waals surface area contributed by atoms with Gasteiger partial charge in [0.2, 0.25) is 5.91 Å². The van der Waals surface area contributed by atoms with E-state index >= 15 is 0 Å². The third-order valence-electron chi connectivity index (χ3n) is 3.95. The van der Waals surface area contributed by atoms with Gasteiger partial charge in [-0.3, -0.25) is 9.59 Å². The standard InChI is InChI=1S/C20H21N3O4S/c21-12-13-22-20(25)18(23-19(24)17-9-5-2-6-10-17)11-14-28(26,27)15-16-7-3-1-4-8-16/h1-10,18H,11,13-15H2,(H,22,25)(H,23,24). The minimum atomic E-state index is -3.48. The highest BCUT2D eigenvalue weighted by Crippen LogP contribution is 2.09. The van der Waals surface area contributed by atoms with Crippen LogP contribution in [-0.4, -0.2) is 38.6 Å². The predicted octanol–water partition coefficient (Wildman–Crippen LogP) is 1.43. The second-order valence-corrected chi connectivity index (χ2v) is 8.32. The van der Waals surface area contributed by atoms with E-state index < -0.39 is 27.7 Å². The molecule has 0 aliphatic heterocycles. The molecule has 1 atom stereocenters. The van der Waals surface area contributed by atoms with Gasteiger partial charge in [0.25, 0.3) is 5.91 Å². The first kappa shape index (κ1) is 21.1. The van der Waals surface area contributed by atoms with Gasteiger partial charge in [0.1, 0.15) is 12.6 Å². The summed E-state index contributed by atoms with van der Waals surface area (Å²) >= 11 is 0. The molecule has 0 bridgehead atoms. The average Bonchev–Trinajstić information content (AvgIpc) is 2.70. The van der Waals surface area contributed by atoms with Crippen LogP contribution in [0, 0.1) is 11.3 Å². The fourth-order valence-electron chi connectivity index (χ4n) is 2.55. The normalized spacial score (nSPS) is 11.8. The molecule has 0 spiro atoms. The van der Waals surface area contributed by atoms with Gasteiger partial charge >= 0.3 is 0 Å². The smallest absolute Gasteiger partial charge is 0.251 e. The Labute approximate surface area is 164 Å². The van der Waals surface area contributed by atoms with Crippen molar-refractivity contribution in [2.45, 2.75) is 18.2 Å². The lowest BCUT2D eigenvalue weighted by molar-refractivity contribution is -0.122. The molecule has 2 rings (SSSR count). The molecule has 0 aliphatic carbocycles. The number of nitrogens with one attached hydrogen (secondary N) is 2. The van der Waals surface area contributed by atoms with Crippen molar-refractivity contribution in [3.63, 3.8) is 0 Å². The molecule has 28 heavy (non-hydrogen) atoms. The Morgan fingerprint density at radius 2 is 1.61 bits per heavy atom. The predicted molar refractivity (Wildman–Crippen MR) is 105 cm³/mol. The van der Waals surface area contributed by atoms with Gasteiger partial charge in [-0.1, -0.05) is 48.5 Å². The van der Waals surface area contributed by atoms with E-state index in [-0.39, 0.29) is 24.5 Å². The molecule has 0 heterocycles. The molecule has 0 radical (unpaired) electrons. The number of carbonyl (C=O) groups excluding carboxylic acids is 2. The molecule has 2 amide bonds. The molecule has 0 fully saturated rings. The summed E-state index contributed by atoms with van der Waals surface area (Å²) in [6.07, 6.45) is -0.0923. The van der Waals surface area contributed by atoms with Crippen LogP contribution in [0.4, 0.5) is 0 Å². The van der Waals surface area contributed by atoms with Crippen LogP contribution in [0.25, 0.3) is 0 Å². The maximum atomic E-state index is 12.4. The summed E-state index contributed by atoms with van der Waals surface area (Å²) in [4.78, 5) is 24.6. The summed E-state index contributed by atoms with van der Waals surface area (Å²) in [5.41, 5.74) is 1.01. The van der Waals surface area contributed by atoms with Gasteiger partial charge in [-0.15, -0.1) is 0 Å². The molecule has 2 aromatic rings. The van der Waals surface area contributed by atoms with E-state index in [0.29, 0.717) is 11.1 Å². The maximum absolute atomic E-state index is 12.4.